The standard InChI is InChI=1S/C22H20FN3O2S/c23-14-5-6-15-16(12-20(27)24-18(15)11-14)22(28)26-9-7-13(8-10-26)21-25-17-3-1-2-4-19(17)29-21/h1-6,11,13,16H,7-10,12H2,(H,24,27)/t16-/m0/s1. The van der Waals surface area contributed by atoms with Gasteiger partial charge < -0.3 is 10.2 Å². The summed E-state index contributed by atoms with van der Waals surface area (Å²) < 4.78 is 14.7. The molecule has 0 aliphatic carbocycles. The van der Waals surface area contributed by atoms with E-state index in [0.29, 0.717) is 30.3 Å². The SMILES string of the molecule is O=C1C[C@H](C(=O)N2CCC(c3nc4ccccc4s3)CC2)c2ccc(F)cc2N1. The molecule has 7 heteroatoms. The van der Waals surface area contributed by atoms with Crippen molar-refractivity contribution < 1.29 is 14.0 Å². The van der Waals surface area contributed by atoms with E-state index in [1.807, 2.05) is 23.1 Å². The quantitative estimate of drug-likeness (QED) is 0.688. The Labute approximate surface area is 171 Å². The van der Waals surface area contributed by atoms with Crippen molar-refractivity contribution in [1.29, 1.82) is 0 Å². The van der Waals surface area contributed by atoms with Crippen molar-refractivity contribution in [3.63, 3.8) is 0 Å². The lowest BCUT2D eigenvalue weighted by atomic mass is 9.88. The Bertz CT molecular complexity index is 1070. The van der Waals surface area contributed by atoms with Gasteiger partial charge in [0.25, 0.3) is 0 Å². The summed E-state index contributed by atoms with van der Waals surface area (Å²) in [6, 6.07) is 12.4. The number of carbonyl (C=O) groups is 2. The van der Waals surface area contributed by atoms with E-state index in [1.54, 1.807) is 17.4 Å². The van der Waals surface area contributed by atoms with E-state index in [2.05, 4.69) is 11.4 Å². The second-order valence-electron chi connectivity index (χ2n) is 7.66. The molecule has 2 amide bonds. The minimum Gasteiger partial charge on any atom is -0.342 e. The molecule has 148 valence electrons. The number of hydrogen-bond donors (Lipinski definition) is 1. The molecule has 5 rings (SSSR count). The summed E-state index contributed by atoms with van der Waals surface area (Å²) in [5, 5.41) is 3.81. The lowest BCUT2D eigenvalue weighted by Crippen LogP contribution is -2.42. The molecule has 2 aliphatic rings. The summed E-state index contributed by atoms with van der Waals surface area (Å²) in [6.45, 7) is 1.29. The van der Waals surface area contributed by atoms with Gasteiger partial charge in [0.2, 0.25) is 11.8 Å². The number of piperidine rings is 1. The number of fused-ring (bicyclic) bond motifs is 2. The van der Waals surface area contributed by atoms with Gasteiger partial charge in [-0.3, -0.25) is 9.59 Å². The van der Waals surface area contributed by atoms with Gasteiger partial charge in [-0.2, -0.15) is 0 Å². The number of benzene rings is 2. The Kier molecular flexibility index (Phi) is 4.54. The molecule has 1 fully saturated rings. The zero-order valence-electron chi connectivity index (χ0n) is 15.7. The van der Waals surface area contributed by atoms with Crippen LogP contribution in [0.3, 0.4) is 0 Å². The molecule has 3 heterocycles. The van der Waals surface area contributed by atoms with Crippen LogP contribution in [0.15, 0.2) is 42.5 Å². The molecule has 1 aromatic heterocycles. The first-order valence-corrected chi connectivity index (χ1v) is 10.6. The number of carbonyl (C=O) groups excluding carboxylic acids is 2. The fourth-order valence-corrected chi connectivity index (χ4v) is 5.43. The molecule has 29 heavy (non-hydrogen) atoms. The van der Waals surface area contributed by atoms with Crippen LogP contribution in [0.5, 0.6) is 0 Å². The van der Waals surface area contributed by atoms with Crippen molar-refractivity contribution in [2.45, 2.75) is 31.1 Å². The van der Waals surface area contributed by atoms with E-state index in [0.717, 1.165) is 23.4 Å². The molecule has 2 aromatic carbocycles. The second kappa shape index (κ2) is 7.22. The molecule has 0 radical (unpaired) electrons. The second-order valence-corrected chi connectivity index (χ2v) is 8.72. The zero-order chi connectivity index (χ0) is 20.0. The highest BCUT2D eigenvalue weighted by atomic mass is 32.1. The average Bonchev–Trinajstić information content (AvgIpc) is 3.17. The smallest absolute Gasteiger partial charge is 0.230 e. The van der Waals surface area contributed by atoms with Gasteiger partial charge in [-0.1, -0.05) is 18.2 Å². The summed E-state index contributed by atoms with van der Waals surface area (Å²) in [5.41, 5.74) is 2.14. The van der Waals surface area contributed by atoms with Crippen LogP contribution in [0.2, 0.25) is 0 Å². The third-order valence-electron chi connectivity index (χ3n) is 5.82. The maximum absolute atomic E-state index is 13.5. The van der Waals surface area contributed by atoms with E-state index in [-0.39, 0.29) is 18.2 Å². The Balaban J connectivity index is 1.31. The Morgan fingerprint density at radius 1 is 1.17 bits per heavy atom. The van der Waals surface area contributed by atoms with E-state index < -0.39 is 11.7 Å². The topological polar surface area (TPSA) is 62.3 Å². The third-order valence-corrected chi connectivity index (χ3v) is 7.02. The number of nitrogens with zero attached hydrogens (tertiary/aromatic N) is 2. The highest BCUT2D eigenvalue weighted by Gasteiger charge is 2.35. The number of para-hydroxylation sites is 1. The lowest BCUT2D eigenvalue weighted by molar-refractivity contribution is -0.135. The number of hydrogen-bond acceptors (Lipinski definition) is 4. The largest absolute Gasteiger partial charge is 0.342 e. The minimum atomic E-state index is -0.543. The van der Waals surface area contributed by atoms with Crippen LogP contribution in [0.4, 0.5) is 10.1 Å². The highest BCUT2D eigenvalue weighted by Crippen LogP contribution is 2.37. The molecule has 1 saturated heterocycles. The number of halogens is 1. The van der Waals surface area contributed by atoms with Crippen LogP contribution in [-0.4, -0.2) is 34.8 Å². The molecule has 3 aromatic rings. The van der Waals surface area contributed by atoms with Gasteiger partial charge in [0.1, 0.15) is 5.82 Å². The van der Waals surface area contributed by atoms with Crippen LogP contribution >= 0.6 is 11.3 Å². The van der Waals surface area contributed by atoms with Crippen LogP contribution in [0.25, 0.3) is 10.2 Å². The zero-order valence-corrected chi connectivity index (χ0v) is 16.5. The average molecular weight is 409 g/mol. The number of thiazole rings is 1. The van der Waals surface area contributed by atoms with Crippen molar-refractivity contribution in [2.24, 2.45) is 0 Å². The molecule has 5 nitrogen and oxygen atoms in total. The van der Waals surface area contributed by atoms with Gasteiger partial charge >= 0.3 is 0 Å². The Morgan fingerprint density at radius 2 is 1.97 bits per heavy atom. The fourth-order valence-electron chi connectivity index (χ4n) is 4.29. The van der Waals surface area contributed by atoms with Crippen LogP contribution in [0.1, 0.15) is 41.7 Å². The first-order valence-electron chi connectivity index (χ1n) is 9.82. The van der Waals surface area contributed by atoms with Crippen LogP contribution in [0, 0.1) is 5.82 Å². The number of likely N-dealkylation sites (tertiary alicyclic amines) is 1. The molecule has 1 atom stereocenters. The Morgan fingerprint density at radius 3 is 2.76 bits per heavy atom. The predicted molar refractivity (Wildman–Crippen MR) is 111 cm³/mol. The van der Waals surface area contributed by atoms with Gasteiger partial charge in [-0.05, 0) is 42.7 Å². The summed E-state index contributed by atoms with van der Waals surface area (Å²) in [4.78, 5) is 31.8. The van der Waals surface area contributed by atoms with Crippen molar-refractivity contribution in [2.75, 3.05) is 18.4 Å². The number of aromatic nitrogens is 1. The van der Waals surface area contributed by atoms with Crippen LogP contribution in [-0.2, 0) is 9.59 Å². The van der Waals surface area contributed by atoms with Gasteiger partial charge in [0.15, 0.2) is 0 Å². The summed E-state index contributed by atoms with van der Waals surface area (Å²) in [7, 11) is 0. The van der Waals surface area contributed by atoms with E-state index in [9.17, 15) is 14.0 Å². The fraction of sp³-hybridized carbons (Fsp3) is 0.318. The van der Waals surface area contributed by atoms with E-state index in [4.69, 9.17) is 4.98 Å². The number of amides is 2. The van der Waals surface area contributed by atoms with Crippen molar-refractivity contribution in [3.05, 3.63) is 58.9 Å². The molecular formula is C22H20FN3O2S. The first kappa shape index (κ1) is 18.2. The lowest BCUT2D eigenvalue weighted by Gasteiger charge is -2.35. The maximum Gasteiger partial charge on any atom is 0.230 e. The molecule has 1 N–H and O–H groups in total. The van der Waals surface area contributed by atoms with Crippen molar-refractivity contribution in [1.82, 2.24) is 9.88 Å². The summed E-state index contributed by atoms with van der Waals surface area (Å²) in [5.74, 6) is -0.902. The summed E-state index contributed by atoms with van der Waals surface area (Å²) >= 11 is 1.73. The molecule has 2 aliphatic heterocycles. The van der Waals surface area contributed by atoms with Crippen molar-refractivity contribution in [3.8, 4) is 0 Å². The maximum atomic E-state index is 13.5. The summed E-state index contributed by atoms with van der Waals surface area (Å²) in [6.07, 6.45) is 1.83. The van der Waals surface area contributed by atoms with Gasteiger partial charge in [-0.25, -0.2) is 9.37 Å². The normalized spacial score (nSPS) is 19.8. The van der Waals surface area contributed by atoms with Gasteiger partial charge in [0, 0.05) is 31.1 Å². The molecule has 0 saturated carbocycles. The van der Waals surface area contributed by atoms with E-state index in [1.165, 1.54) is 16.8 Å². The molecule has 0 spiro atoms. The number of anilines is 1. The minimum absolute atomic E-state index is 0.0459. The molecule has 0 unspecified atom stereocenters. The Hall–Kier alpha value is -2.80. The van der Waals surface area contributed by atoms with Crippen molar-refractivity contribution >= 4 is 39.1 Å². The predicted octanol–water partition coefficient (Wildman–Crippen LogP) is 4.27. The highest BCUT2D eigenvalue weighted by molar-refractivity contribution is 7.18. The third kappa shape index (κ3) is 3.40. The van der Waals surface area contributed by atoms with Crippen LogP contribution < -0.4 is 5.32 Å². The first-order chi connectivity index (χ1) is 14.1. The molecular weight excluding hydrogens is 389 g/mol. The number of nitrogens with one attached hydrogen (secondary N) is 1. The van der Waals surface area contributed by atoms with E-state index >= 15 is 0 Å². The number of rotatable bonds is 2. The van der Waals surface area contributed by atoms with Gasteiger partial charge in [-0.15, -0.1) is 11.3 Å². The monoisotopic (exact) mass is 409 g/mol. The molecule has 0 bridgehead atoms. The van der Waals surface area contributed by atoms with Gasteiger partial charge in [0.05, 0.1) is 21.1 Å².